The van der Waals surface area contributed by atoms with Crippen molar-refractivity contribution in [3.8, 4) is 11.3 Å². The Morgan fingerprint density at radius 1 is 1.26 bits per heavy atom. The van der Waals surface area contributed by atoms with Gasteiger partial charge in [0, 0.05) is 24.7 Å². The molecule has 19 heavy (non-hydrogen) atoms. The maximum absolute atomic E-state index is 4.47. The van der Waals surface area contributed by atoms with Gasteiger partial charge in [-0.2, -0.15) is 4.40 Å². The molecule has 0 fully saturated rings. The molecule has 4 aromatic rings. The summed E-state index contributed by atoms with van der Waals surface area (Å²) in [6.07, 6.45) is 7.82. The van der Waals surface area contributed by atoms with E-state index in [1.165, 1.54) is 26.3 Å². The van der Waals surface area contributed by atoms with Crippen LogP contribution in [0.4, 0.5) is 0 Å². The molecule has 0 radical (unpaired) electrons. The molecule has 90 valence electrons. The van der Waals surface area contributed by atoms with Gasteiger partial charge in [-0.3, -0.25) is 9.97 Å². The zero-order valence-electron chi connectivity index (χ0n) is 9.95. The lowest BCUT2D eigenvalue weighted by Gasteiger charge is -1.91. The average molecular weight is 265 g/mol. The summed E-state index contributed by atoms with van der Waals surface area (Å²) in [5, 5.41) is 0. The van der Waals surface area contributed by atoms with Crippen molar-refractivity contribution in [2.45, 2.75) is 6.54 Å². The van der Waals surface area contributed by atoms with E-state index in [4.69, 9.17) is 0 Å². The van der Waals surface area contributed by atoms with E-state index in [9.17, 15) is 0 Å². The van der Waals surface area contributed by atoms with E-state index in [0.717, 1.165) is 12.2 Å². The summed E-state index contributed by atoms with van der Waals surface area (Å²) in [6.45, 7) is 0.868. The molecule has 1 aliphatic rings. The van der Waals surface area contributed by atoms with Gasteiger partial charge in [0.1, 0.15) is 6.54 Å². The standard InChI is InChI=1S/C14H9N4S/c1-2-9-10(16-4-1)7-17-8-18-11-3-5-15-6-12(11)19-14(18)13(9)17/h1-6,8H,7H2/q+1. The van der Waals surface area contributed by atoms with Gasteiger partial charge in [0.25, 0.3) is 6.33 Å². The summed E-state index contributed by atoms with van der Waals surface area (Å²) in [7, 11) is 0. The minimum atomic E-state index is 0.868. The molecule has 4 aromatic heterocycles. The topological polar surface area (TPSA) is 34.1 Å². The van der Waals surface area contributed by atoms with Crippen LogP contribution < -0.4 is 4.57 Å². The first-order chi connectivity index (χ1) is 9.42. The van der Waals surface area contributed by atoms with Crippen LogP contribution in [-0.2, 0) is 6.54 Å². The average Bonchev–Trinajstić information content (AvgIpc) is 3.05. The van der Waals surface area contributed by atoms with Crippen LogP contribution >= 0.6 is 11.3 Å². The van der Waals surface area contributed by atoms with Crippen LogP contribution in [0.3, 0.4) is 0 Å². The SMILES string of the molecule is c1cnc2c(c1)-c1c3sc4cnccc4n3c[n+]1C2. The Balaban J connectivity index is 1.97. The zero-order valence-corrected chi connectivity index (χ0v) is 10.8. The van der Waals surface area contributed by atoms with Crippen LogP contribution in [0.15, 0.2) is 43.1 Å². The van der Waals surface area contributed by atoms with Crippen molar-refractivity contribution >= 4 is 26.4 Å². The number of hydrogen-bond acceptors (Lipinski definition) is 3. The quantitative estimate of drug-likeness (QED) is 0.402. The molecule has 0 saturated carbocycles. The molecule has 0 spiro atoms. The van der Waals surface area contributed by atoms with Gasteiger partial charge in [0.2, 0.25) is 4.83 Å². The van der Waals surface area contributed by atoms with Crippen molar-refractivity contribution < 1.29 is 4.57 Å². The van der Waals surface area contributed by atoms with Gasteiger partial charge in [-0.1, -0.05) is 11.3 Å². The first-order valence-electron chi connectivity index (χ1n) is 6.13. The number of nitrogens with zero attached hydrogens (tertiary/aromatic N) is 4. The Morgan fingerprint density at radius 2 is 2.26 bits per heavy atom. The summed E-state index contributed by atoms with van der Waals surface area (Å²) in [5.74, 6) is 0. The molecule has 0 saturated heterocycles. The maximum Gasteiger partial charge on any atom is 0.251 e. The third-order valence-corrected chi connectivity index (χ3v) is 4.78. The lowest BCUT2D eigenvalue weighted by molar-refractivity contribution is -0.671. The summed E-state index contributed by atoms with van der Waals surface area (Å²) < 4.78 is 5.76. The van der Waals surface area contributed by atoms with E-state index in [1.54, 1.807) is 11.3 Å². The first kappa shape index (κ1) is 9.63. The van der Waals surface area contributed by atoms with Gasteiger partial charge in [-0.05, 0) is 12.1 Å². The molecular weight excluding hydrogens is 256 g/mol. The fourth-order valence-corrected chi connectivity index (χ4v) is 4.00. The predicted molar refractivity (Wildman–Crippen MR) is 73.1 cm³/mol. The minimum Gasteiger partial charge on any atom is -0.263 e. The largest absolute Gasteiger partial charge is 0.263 e. The van der Waals surface area contributed by atoms with E-state index in [-0.39, 0.29) is 0 Å². The number of fused-ring (bicyclic) bond motifs is 7. The highest BCUT2D eigenvalue weighted by Crippen LogP contribution is 2.35. The van der Waals surface area contributed by atoms with E-state index in [1.807, 2.05) is 24.7 Å². The molecule has 5 rings (SSSR count). The Bertz CT molecular complexity index is 951. The van der Waals surface area contributed by atoms with Crippen molar-refractivity contribution in [3.05, 3.63) is 48.8 Å². The fourth-order valence-electron chi connectivity index (χ4n) is 2.84. The van der Waals surface area contributed by atoms with Crippen LogP contribution in [0.25, 0.3) is 26.3 Å². The minimum absolute atomic E-state index is 0.868. The highest BCUT2D eigenvalue weighted by Gasteiger charge is 2.31. The molecular formula is C14H9N4S+. The Morgan fingerprint density at radius 3 is 3.26 bits per heavy atom. The second-order valence-electron chi connectivity index (χ2n) is 4.71. The number of aromatic nitrogens is 4. The maximum atomic E-state index is 4.47. The highest BCUT2D eigenvalue weighted by molar-refractivity contribution is 7.24. The fraction of sp³-hybridized carbons (Fsp3) is 0.0714. The molecule has 0 unspecified atom stereocenters. The third-order valence-electron chi connectivity index (χ3n) is 3.66. The Hall–Kier alpha value is -2.27. The first-order valence-corrected chi connectivity index (χ1v) is 6.95. The van der Waals surface area contributed by atoms with Crippen LogP contribution in [0.2, 0.25) is 0 Å². The molecule has 0 N–H and O–H groups in total. The van der Waals surface area contributed by atoms with Gasteiger partial charge in [-0.15, -0.1) is 0 Å². The molecule has 0 atom stereocenters. The Labute approximate surface area is 112 Å². The van der Waals surface area contributed by atoms with Gasteiger partial charge in [0.15, 0.2) is 11.2 Å². The van der Waals surface area contributed by atoms with Gasteiger partial charge in [0.05, 0.1) is 16.0 Å². The van der Waals surface area contributed by atoms with Crippen LogP contribution in [0.1, 0.15) is 5.69 Å². The number of rotatable bonds is 0. The predicted octanol–water partition coefficient (Wildman–Crippen LogP) is 2.26. The van der Waals surface area contributed by atoms with Crippen LogP contribution in [-0.4, -0.2) is 14.4 Å². The molecule has 5 heterocycles. The molecule has 0 bridgehead atoms. The lowest BCUT2D eigenvalue weighted by Crippen LogP contribution is -2.29. The van der Waals surface area contributed by atoms with Crippen molar-refractivity contribution in [2.75, 3.05) is 0 Å². The molecule has 0 aromatic carbocycles. The van der Waals surface area contributed by atoms with E-state index in [2.05, 4.69) is 37.4 Å². The van der Waals surface area contributed by atoms with Gasteiger partial charge >= 0.3 is 0 Å². The second-order valence-corrected chi connectivity index (χ2v) is 5.74. The number of thiazole rings is 1. The lowest BCUT2D eigenvalue weighted by atomic mass is 10.2. The molecule has 5 heteroatoms. The summed E-state index contributed by atoms with van der Waals surface area (Å²) in [4.78, 5) is 9.95. The summed E-state index contributed by atoms with van der Waals surface area (Å²) in [5.41, 5.74) is 4.92. The number of pyridine rings is 2. The van der Waals surface area contributed by atoms with Crippen LogP contribution in [0.5, 0.6) is 0 Å². The van der Waals surface area contributed by atoms with Crippen molar-refractivity contribution in [1.29, 1.82) is 0 Å². The summed E-state index contributed by atoms with van der Waals surface area (Å²) in [6, 6.07) is 6.23. The van der Waals surface area contributed by atoms with E-state index < -0.39 is 0 Å². The molecule has 0 aliphatic carbocycles. The normalized spacial score (nSPS) is 13.1. The zero-order chi connectivity index (χ0) is 12.4. The van der Waals surface area contributed by atoms with Crippen LogP contribution in [0, 0.1) is 0 Å². The molecule has 4 nitrogen and oxygen atoms in total. The Kier molecular flexibility index (Phi) is 1.62. The van der Waals surface area contributed by atoms with E-state index >= 15 is 0 Å². The number of hydrogen-bond donors (Lipinski definition) is 0. The van der Waals surface area contributed by atoms with Crippen molar-refractivity contribution in [2.24, 2.45) is 0 Å². The van der Waals surface area contributed by atoms with E-state index in [0.29, 0.717) is 0 Å². The monoisotopic (exact) mass is 265 g/mol. The molecule has 1 aliphatic heterocycles. The smallest absolute Gasteiger partial charge is 0.251 e. The van der Waals surface area contributed by atoms with Gasteiger partial charge < -0.3 is 0 Å². The number of imidazole rings is 1. The van der Waals surface area contributed by atoms with Crippen molar-refractivity contribution in [1.82, 2.24) is 14.4 Å². The second kappa shape index (κ2) is 3.19. The molecule has 0 amide bonds. The third kappa shape index (κ3) is 1.11. The van der Waals surface area contributed by atoms with Crippen molar-refractivity contribution in [3.63, 3.8) is 0 Å². The van der Waals surface area contributed by atoms with Gasteiger partial charge in [-0.25, -0.2) is 4.57 Å². The summed E-state index contributed by atoms with van der Waals surface area (Å²) >= 11 is 1.79. The highest BCUT2D eigenvalue weighted by atomic mass is 32.1.